The first kappa shape index (κ1) is 11.4. The second-order valence-corrected chi connectivity index (χ2v) is 3.70. The Morgan fingerprint density at radius 1 is 1.35 bits per heavy atom. The Balaban J connectivity index is 2.30. The summed E-state index contributed by atoms with van der Waals surface area (Å²) in [6.45, 7) is 1.89. The molecule has 17 heavy (non-hydrogen) atoms. The van der Waals surface area contributed by atoms with Gasteiger partial charge in [0.2, 0.25) is 0 Å². The Bertz CT molecular complexity index is 517. The van der Waals surface area contributed by atoms with Crippen LogP contribution in [-0.2, 0) is 16.0 Å². The van der Waals surface area contributed by atoms with Crippen molar-refractivity contribution in [3.05, 3.63) is 41.7 Å². The van der Waals surface area contributed by atoms with Gasteiger partial charge in [-0.05, 0) is 6.92 Å². The Labute approximate surface area is 99.2 Å². The summed E-state index contributed by atoms with van der Waals surface area (Å²) < 4.78 is 9.77. The summed E-state index contributed by atoms with van der Waals surface area (Å²) in [6, 6.07) is 9.71. The highest BCUT2D eigenvalue weighted by atomic mass is 16.5. The second-order valence-electron chi connectivity index (χ2n) is 3.70. The lowest BCUT2D eigenvalue weighted by Crippen LogP contribution is -2.04. The van der Waals surface area contributed by atoms with Crippen LogP contribution in [0.25, 0.3) is 11.3 Å². The van der Waals surface area contributed by atoms with E-state index in [0.29, 0.717) is 5.76 Å². The molecule has 0 aliphatic heterocycles. The van der Waals surface area contributed by atoms with Crippen LogP contribution < -0.4 is 0 Å². The lowest BCUT2D eigenvalue weighted by Gasteiger charge is -1.97. The average Bonchev–Trinajstić information content (AvgIpc) is 2.72. The number of nitrogens with zero attached hydrogens (tertiary/aromatic N) is 1. The molecule has 4 nitrogen and oxygen atoms in total. The van der Waals surface area contributed by atoms with E-state index in [1.54, 1.807) is 0 Å². The minimum Gasteiger partial charge on any atom is -0.469 e. The molecule has 0 saturated carbocycles. The summed E-state index contributed by atoms with van der Waals surface area (Å²) in [6.07, 6.45) is 0.113. The number of rotatable bonds is 3. The van der Waals surface area contributed by atoms with Crippen LogP contribution in [0.15, 0.2) is 34.9 Å². The van der Waals surface area contributed by atoms with E-state index in [2.05, 4.69) is 9.89 Å². The van der Waals surface area contributed by atoms with Gasteiger partial charge in [-0.25, -0.2) is 0 Å². The van der Waals surface area contributed by atoms with Gasteiger partial charge in [-0.15, -0.1) is 0 Å². The number of carbonyl (C=O) groups is 1. The van der Waals surface area contributed by atoms with Crippen molar-refractivity contribution in [1.29, 1.82) is 0 Å². The molecule has 0 spiro atoms. The first-order valence-corrected chi connectivity index (χ1v) is 5.29. The number of esters is 1. The topological polar surface area (TPSA) is 52.3 Å². The number of aromatic nitrogens is 1. The average molecular weight is 231 g/mol. The maximum Gasteiger partial charge on any atom is 0.313 e. The maximum atomic E-state index is 11.2. The molecular formula is C13H13NO3. The molecule has 88 valence electrons. The number of carbonyl (C=O) groups excluding carboxylic acids is 1. The second kappa shape index (κ2) is 4.82. The molecule has 1 aromatic heterocycles. The summed E-state index contributed by atoms with van der Waals surface area (Å²) in [5.41, 5.74) is 2.62. The van der Waals surface area contributed by atoms with Crippen molar-refractivity contribution in [2.75, 3.05) is 7.11 Å². The van der Waals surface area contributed by atoms with Crippen LogP contribution in [0, 0.1) is 6.92 Å². The van der Waals surface area contributed by atoms with Crippen LogP contribution in [0.3, 0.4) is 0 Å². The fourth-order valence-corrected chi connectivity index (χ4v) is 1.60. The SMILES string of the molecule is COC(=O)Cc1onc(-c2ccccc2)c1C. The van der Waals surface area contributed by atoms with Crippen LogP contribution in [0.5, 0.6) is 0 Å². The lowest BCUT2D eigenvalue weighted by atomic mass is 10.1. The Morgan fingerprint density at radius 3 is 2.71 bits per heavy atom. The Morgan fingerprint density at radius 2 is 2.06 bits per heavy atom. The molecule has 0 fully saturated rings. The van der Waals surface area contributed by atoms with Crippen molar-refractivity contribution < 1.29 is 14.1 Å². The van der Waals surface area contributed by atoms with Crippen molar-refractivity contribution in [2.45, 2.75) is 13.3 Å². The van der Waals surface area contributed by atoms with Crippen LogP contribution >= 0.6 is 0 Å². The highest BCUT2D eigenvalue weighted by molar-refractivity contribution is 5.73. The fraction of sp³-hybridized carbons (Fsp3) is 0.231. The van der Waals surface area contributed by atoms with Gasteiger partial charge in [0, 0.05) is 11.1 Å². The predicted molar refractivity (Wildman–Crippen MR) is 62.4 cm³/mol. The van der Waals surface area contributed by atoms with Gasteiger partial charge in [-0.1, -0.05) is 35.5 Å². The number of benzene rings is 1. The third-order valence-electron chi connectivity index (χ3n) is 2.60. The van der Waals surface area contributed by atoms with Crippen LogP contribution in [0.2, 0.25) is 0 Å². The number of ether oxygens (including phenoxy) is 1. The first-order valence-electron chi connectivity index (χ1n) is 5.29. The summed E-state index contributed by atoms with van der Waals surface area (Å²) in [5, 5.41) is 3.99. The molecule has 0 amide bonds. The van der Waals surface area contributed by atoms with Gasteiger partial charge in [0.15, 0.2) is 5.76 Å². The normalized spacial score (nSPS) is 10.2. The third-order valence-corrected chi connectivity index (χ3v) is 2.60. The van der Waals surface area contributed by atoms with E-state index in [1.165, 1.54) is 7.11 Å². The van der Waals surface area contributed by atoms with E-state index in [4.69, 9.17) is 4.52 Å². The zero-order chi connectivity index (χ0) is 12.3. The molecule has 0 bridgehead atoms. The van der Waals surface area contributed by atoms with E-state index >= 15 is 0 Å². The maximum absolute atomic E-state index is 11.2. The van der Waals surface area contributed by atoms with E-state index in [-0.39, 0.29) is 12.4 Å². The number of hydrogen-bond acceptors (Lipinski definition) is 4. The molecule has 0 N–H and O–H groups in total. The summed E-state index contributed by atoms with van der Waals surface area (Å²) in [5.74, 6) is 0.222. The van der Waals surface area contributed by atoms with Gasteiger partial charge in [0.05, 0.1) is 7.11 Å². The zero-order valence-electron chi connectivity index (χ0n) is 9.77. The fourth-order valence-electron chi connectivity index (χ4n) is 1.60. The highest BCUT2D eigenvalue weighted by Crippen LogP contribution is 2.24. The van der Waals surface area contributed by atoms with Crippen LogP contribution in [0.1, 0.15) is 11.3 Å². The molecule has 0 saturated heterocycles. The van der Waals surface area contributed by atoms with Crippen LogP contribution in [0.4, 0.5) is 0 Å². The van der Waals surface area contributed by atoms with Gasteiger partial charge in [-0.3, -0.25) is 4.79 Å². The van der Waals surface area contributed by atoms with Crippen molar-refractivity contribution in [3.63, 3.8) is 0 Å². The summed E-state index contributed by atoms with van der Waals surface area (Å²) >= 11 is 0. The van der Waals surface area contributed by atoms with E-state index in [9.17, 15) is 4.79 Å². The Hall–Kier alpha value is -2.10. The molecule has 0 unspecified atom stereocenters. The molecule has 2 rings (SSSR count). The van der Waals surface area contributed by atoms with E-state index < -0.39 is 0 Å². The number of hydrogen-bond donors (Lipinski definition) is 0. The largest absolute Gasteiger partial charge is 0.469 e. The van der Waals surface area contributed by atoms with Crippen molar-refractivity contribution in [3.8, 4) is 11.3 Å². The molecular weight excluding hydrogens is 218 g/mol. The van der Waals surface area contributed by atoms with Gasteiger partial charge in [0.25, 0.3) is 0 Å². The van der Waals surface area contributed by atoms with Crippen LogP contribution in [-0.4, -0.2) is 18.2 Å². The molecule has 0 atom stereocenters. The molecule has 1 heterocycles. The zero-order valence-corrected chi connectivity index (χ0v) is 9.77. The number of methoxy groups -OCH3 is 1. The smallest absolute Gasteiger partial charge is 0.313 e. The summed E-state index contributed by atoms with van der Waals surface area (Å²) in [7, 11) is 1.35. The molecule has 4 heteroatoms. The van der Waals surface area contributed by atoms with Gasteiger partial charge in [0.1, 0.15) is 12.1 Å². The third kappa shape index (κ3) is 2.36. The minimum absolute atomic E-state index is 0.113. The Kier molecular flexibility index (Phi) is 3.23. The molecule has 0 aliphatic rings. The molecule has 2 aromatic rings. The molecule has 0 aliphatic carbocycles. The lowest BCUT2D eigenvalue weighted by molar-refractivity contribution is -0.140. The minimum atomic E-state index is -0.330. The van der Waals surface area contributed by atoms with Crippen molar-refractivity contribution in [2.24, 2.45) is 0 Å². The quantitative estimate of drug-likeness (QED) is 0.761. The van der Waals surface area contributed by atoms with Gasteiger partial charge < -0.3 is 9.26 Å². The highest BCUT2D eigenvalue weighted by Gasteiger charge is 2.16. The van der Waals surface area contributed by atoms with Crippen molar-refractivity contribution >= 4 is 5.97 Å². The first-order chi connectivity index (χ1) is 8.22. The van der Waals surface area contributed by atoms with E-state index in [1.807, 2.05) is 37.3 Å². The molecule has 0 radical (unpaired) electrons. The van der Waals surface area contributed by atoms with Crippen molar-refractivity contribution in [1.82, 2.24) is 5.16 Å². The van der Waals surface area contributed by atoms with E-state index in [0.717, 1.165) is 16.8 Å². The monoisotopic (exact) mass is 231 g/mol. The van der Waals surface area contributed by atoms with Gasteiger partial charge in [-0.2, -0.15) is 0 Å². The summed E-state index contributed by atoms with van der Waals surface area (Å²) in [4.78, 5) is 11.2. The molecule has 1 aromatic carbocycles. The predicted octanol–water partition coefficient (Wildman–Crippen LogP) is 2.37. The van der Waals surface area contributed by atoms with Gasteiger partial charge >= 0.3 is 5.97 Å². The standard InChI is InChI=1S/C13H13NO3/c1-9-11(8-12(15)16-2)17-14-13(9)10-6-4-3-5-7-10/h3-7H,8H2,1-2H3.